The lowest BCUT2D eigenvalue weighted by molar-refractivity contribution is 0.424. The fourth-order valence-corrected chi connectivity index (χ4v) is 3.29. The van der Waals surface area contributed by atoms with Crippen LogP contribution < -0.4 is 0 Å². The van der Waals surface area contributed by atoms with Crippen molar-refractivity contribution in [2.24, 2.45) is 11.8 Å². The largest absolute Gasteiger partial charge is 0.0654 e. The molecule has 0 amide bonds. The van der Waals surface area contributed by atoms with E-state index in [1.165, 1.54) is 103 Å². The van der Waals surface area contributed by atoms with E-state index in [-0.39, 0.29) is 0 Å². The molecule has 1 radical (unpaired) electrons. The third-order valence-corrected chi connectivity index (χ3v) is 4.94. The molecule has 0 aliphatic carbocycles. The lowest BCUT2D eigenvalue weighted by Gasteiger charge is -2.12. The van der Waals surface area contributed by atoms with Crippen LogP contribution in [0.2, 0.25) is 0 Å². The summed E-state index contributed by atoms with van der Waals surface area (Å²) >= 11 is 0. The van der Waals surface area contributed by atoms with Crippen LogP contribution in [-0.2, 0) is 0 Å². The van der Waals surface area contributed by atoms with Crippen molar-refractivity contribution in [3.63, 3.8) is 0 Å². The van der Waals surface area contributed by atoms with E-state index in [2.05, 4.69) is 27.7 Å². The van der Waals surface area contributed by atoms with Gasteiger partial charge in [-0.15, -0.1) is 0 Å². The second-order valence-corrected chi connectivity index (χ2v) is 7.82. The summed E-state index contributed by atoms with van der Waals surface area (Å²) in [6, 6.07) is 0. The van der Waals surface area contributed by atoms with Gasteiger partial charge in [0.1, 0.15) is 0 Å². The Morgan fingerprint density at radius 2 is 0.955 bits per heavy atom. The molecule has 0 fully saturated rings. The van der Waals surface area contributed by atoms with Gasteiger partial charge in [-0.3, -0.25) is 0 Å². The molecule has 0 heterocycles. The molecule has 2 unspecified atom stereocenters. The molecule has 0 aromatic rings. The van der Waals surface area contributed by atoms with Gasteiger partial charge in [-0.1, -0.05) is 130 Å². The maximum absolute atomic E-state index is 4.07. The first-order valence-corrected chi connectivity index (χ1v) is 10.5. The molecule has 22 heavy (non-hydrogen) atoms. The number of unbranched alkanes of at least 4 members (excludes halogenated alkanes) is 11. The first-order valence-electron chi connectivity index (χ1n) is 10.5. The average Bonchev–Trinajstić information content (AvgIpc) is 2.48. The second-order valence-electron chi connectivity index (χ2n) is 7.82. The van der Waals surface area contributed by atoms with Crippen LogP contribution in [0.5, 0.6) is 0 Å². The van der Waals surface area contributed by atoms with E-state index in [9.17, 15) is 0 Å². The molecule has 0 heteroatoms. The maximum Gasteiger partial charge on any atom is -0.0443 e. The summed E-state index contributed by atoms with van der Waals surface area (Å²) in [7, 11) is 0. The highest BCUT2D eigenvalue weighted by atomic mass is 14.1. The Bertz CT molecular complexity index is 194. The molecule has 133 valence electrons. The summed E-state index contributed by atoms with van der Waals surface area (Å²) in [4.78, 5) is 0. The van der Waals surface area contributed by atoms with Crippen LogP contribution in [-0.4, -0.2) is 0 Å². The minimum atomic E-state index is 0.638. The SMILES string of the molecule is [CH2]C(C)CCCC(C)CCCCCCCCCCCCCC. The Morgan fingerprint density at radius 3 is 1.41 bits per heavy atom. The van der Waals surface area contributed by atoms with Crippen molar-refractivity contribution in [3.8, 4) is 0 Å². The quantitative estimate of drug-likeness (QED) is 0.237. The van der Waals surface area contributed by atoms with Gasteiger partial charge < -0.3 is 0 Å². The van der Waals surface area contributed by atoms with Crippen LogP contribution in [0, 0.1) is 18.8 Å². The van der Waals surface area contributed by atoms with Crippen molar-refractivity contribution in [3.05, 3.63) is 6.92 Å². The van der Waals surface area contributed by atoms with Crippen LogP contribution >= 0.6 is 0 Å². The van der Waals surface area contributed by atoms with Gasteiger partial charge in [-0.2, -0.15) is 0 Å². The third kappa shape index (κ3) is 18.1. The number of hydrogen-bond donors (Lipinski definition) is 0. The number of hydrogen-bond acceptors (Lipinski definition) is 0. The van der Waals surface area contributed by atoms with Crippen LogP contribution in [0.15, 0.2) is 0 Å². The fraction of sp³-hybridized carbons (Fsp3) is 0.955. The monoisotopic (exact) mass is 309 g/mol. The van der Waals surface area contributed by atoms with Crippen molar-refractivity contribution in [2.45, 2.75) is 124 Å². The highest BCUT2D eigenvalue weighted by molar-refractivity contribution is 4.59. The van der Waals surface area contributed by atoms with Gasteiger partial charge in [-0.05, 0) is 11.8 Å². The summed E-state index contributed by atoms with van der Waals surface area (Å²) in [5, 5.41) is 0. The minimum Gasteiger partial charge on any atom is -0.0654 e. The van der Waals surface area contributed by atoms with Gasteiger partial charge >= 0.3 is 0 Å². The van der Waals surface area contributed by atoms with Crippen molar-refractivity contribution < 1.29 is 0 Å². The molecule has 0 aromatic heterocycles. The zero-order valence-corrected chi connectivity index (χ0v) is 16.2. The van der Waals surface area contributed by atoms with E-state index in [1.54, 1.807) is 0 Å². The molecular weight excluding hydrogens is 264 g/mol. The van der Waals surface area contributed by atoms with Crippen LogP contribution in [0.3, 0.4) is 0 Å². The molecule has 0 aromatic carbocycles. The molecule has 0 spiro atoms. The van der Waals surface area contributed by atoms with Gasteiger partial charge in [0.2, 0.25) is 0 Å². The lowest BCUT2D eigenvalue weighted by Crippen LogP contribution is -1.97. The lowest BCUT2D eigenvalue weighted by atomic mass is 9.95. The normalized spacial score (nSPS) is 13.0. The van der Waals surface area contributed by atoms with E-state index in [4.69, 9.17) is 0 Å². The summed E-state index contributed by atoms with van der Waals surface area (Å²) in [6.07, 6.45) is 23.1. The van der Waals surface area contributed by atoms with Crippen molar-refractivity contribution in [2.75, 3.05) is 0 Å². The predicted molar refractivity (Wildman–Crippen MR) is 103 cm³/mol. The van der Waals surface area contributed by atoms with E-state index < -0.39 is 0 Å². The van der Waals surface area contributed by atoms with Crippen molar-refractivity contribution >= 4 is 0 Å². The molecule has 0 aliphatic rings. The van der Waals surface area contributed by atoms with Gasteiger partial charge in [0.15, 0.2) is 0 Å². The topological polar surface area (TPSA) is 0 Å². The molecule has 0 bridgehead atoms. The summed E-state index contributed by atoms with van der Waals surface area (Å²) in [5.41, 5.74) is 0. The molecule has 2 atom stereocenters. The van der Waals surface area contributed by atoms with Crippen LogP contribution in [0.25, 0.3) is 0 Å². The predicted octanol–water partition coefficient (Wildman–Crippen LogP) is 8.35. The highest BCUT2D eigenvalue weighted by Crippen LogP contribution is 2.19. The zero-order valence-electron chi connectivity index (χ0n) is 16.2. The van der Waals surface area contributed by atoms with Gasteiger partial charge in [0, 0.05) is 0 Å². The fourth-order valence-electron chi connectivity index (χ4n) is 3.29. The molecule has 0 saturated heterocycles. The second kappa shape index (κ2) is 17.4. The Morgan fingerprint density at radius 1 is 0.545 bits per heavy atom. The molecule has 0 N–H and O–H groups in total. The Labute approximate surface area is 142 Å². The summed E-state index contributed by atoms with van der Waals surface area (Å²) < 4.78 is 0. The van der Waals surface area contributed by atoms with Crippen molar-refractivity contribution in [1.29, 1.82) is 0 Å². The average molecular weight is 310 g/mol. The Balaban J connectivity index is 3.10. The standard InChI is InChI=1S/C22H45/c1-5-6-7-8-9-10-11-12-13-14-15-16-19-22(4)20-17-18-21(2)3/h21-22H,2,5-20H2,1,3-4H3. The zero-order chi connectivity index (χ0) is 16.5. The van der Waals surface area contributed by atoms with Crippen molar-refractivity contribution in [1.82, 2.24) is 0 Å². The van der Waals surface area contributed by atoms with Gasteiger partial charge in [-0.25, -0.2) is 0 Å². The maximum atomic E-state index is 4.07. The number of rotatable bonds is 17. The molecule has 0 rings (SSSR count). The summed E-state index contributed by atoms with van der Waals surface area (Å²) in [5.74, 6) is 1.57. The van der Waals surface area contributed by atoms with Crippen LogP contribution in [0.4, 0.5) is 0 Å². The molecule has 0 nitrogen and oxygen atoms in total. The van der Waals surface area contributed by atoms with E-state index in [1.807, 2.05) is 0 Å². The van der Waals surface area contributed by atoms with E-state index in [0.717, 1.165) is 5.92 Å². The minimum absolute atomic E-state index is 0.638. The smallest absolute Gasteiger partial charge is 0.0443 e. The molecular formula is C22H45. The molecule has 0 aliphatic heterocycles. The first kappa shape index (κ1) is 22.0. The Hall–Kier alpha value is 0. The van der Waals surface area contributed by atoms with Crippen LogP contribution in [0.1, 0.15) is 124 Å². The third-order valence-electron chi connectivity index (χ3n) is 4.94. The Kier molecular flexibility index (Phi) is 17.4. The van der Waals surface area contributed by atoms with Gasteiger partial charge in [0.05, 0.1) is 0 Å². The molecule has 0 saturated carbocycles. The summed E-state index contributed by atoms with van der Waals surface area (Å²) in [6.45, 7) is 11.0. The van der Waals surface area contributed by atoms with Gasteiger partial charge in [0.25, 0.3) is 0 Å². The first-order chi connectivity index (χ1) is 10.7. The van der Waals surface area contributed by atoms with E-state index >= 15 is 0 Å². The van der Waals surface area contributed by atoms with E-state index in [0.29, 0.717) is 5.92 Å². The highest BCUT2D eigenvalue weighted by Gasteiger charge is 2.03.